The van der Waals surface area contributed by atoms with Gasteiger partial charge in [-0.2, -0.15) is 13.2 Å². The number of pyridine rings is 1. The van der Waals surface area contributed by atoms with Crippen LogP contribution in [0, 0.1) is 0 Å². The van der Waals surface area contributed by atoms with Gasteiger partial charge >= 0.3 is 6.18 Å². The number of carbonyl (C=O) groups excluding carboxylic acids is 2. The predicted octanol–water partition coefficient (Wildman–Crippen LogP) is 0.645. The maximum atomic E-state index is 13.4. The lowest BCUT2D eigenvalue weighted by atomic mass is 10.1. The van der Waals surface area contributed by atoms with Crippen molar-refractivity contribution in [1.29, 1.82) is 0 Å². The molecule has 0 bridgehead atoms. The zero-order valence-electron chi connectivity index (χ0n) is 12.9. The molecule has 0 saturated carbocycles. The Morgan fingerprint density at radius 1 is 1.32 bits per heavy atom. The molecule has 2 fully saturated rings. The Bertz CT molecular complexity index is 767. The minimum Gasteiger partial charge on any atom is -0.368 e. The number of hydrogen-bond donors (Lipinski definition) is 1. The van der Waals surface area contributed by atoms with E-state index in [0.29, 0.717) is 0 Å². The van der Waals surface area contributed by atoms with Gasteiger partial charge in [-0.05, 0) is 12.5 Å². The van der Waals surface area contributed by atoms with Crippen molar-refractivity contribution in [1.82, 2.24) is 4.98 Å². The van der Waals surface area contributed by atoms with E-state index < -0.39 is 41.7 Å². The zero-order chi connectivity index (χ0) is 17.9. The van der Waals surface area contributed by atoms with Gasteiger partial charge in [0.1, 0.15) is 30.9 Å². The lowest BCUT2D eigenvalue weighted by Gasteiger charge is -2.26. The fourth-order valence-corrected chi connectivity index (χ4v) is 3.70. The van der Waals surface area contributed by atoms with Gasteiger partial charge in [0, 0.05) is 13.0 Å². The van der Waals surface area contributed by atoms with Gasteiger partial charge in [0.25, 0.3) is 0 Å². The summed E-state index contributed by atoms with van der Waals surface area (Å²) in [6.07, 6.45) is -5.69. The monoisotopic (exact) mass is 357 g/mol. The Labute approximate surface area is 139 Å². The molecule has 0 aromatic carbocycles. The van der Waals surface area contributed by atoms with E-state index in [1.165, 1.54) is 4.90 Å². The summed E-state index contributed by atoms with van der Waals surface area (Å²) < 4.78 is 51.0. The summed E-state index contributed by atoms with van der Waals surface area (Å²) in [7, 11) is 0. The number of nitrogens with zero attached hydrogens (tertiary/aromatic N) is 2. The van der Waals surface area contributed by atoms with Crippen LogP contribution in [0.4, 0.5) is 19.0 Å². The highest BCUT2D eigenvalue weighted by Gasteiger charge is 2.51. The summed E-state index contributed by atoms with van der Waals surface area (Å²) in [6.45, 7) is 0.141. The van der Waals surface area contributed by atoms with E-state index in [1.807, 2.05) is 0 Å². The molecule has 0 radical (unpaired) electrons. The molecule has 3 heterocycles. The van der Waals surface area contributed by atoms with Crippen molar-refractivity contribution in [3.05, 3.63) is 22.9 Å². The van der Waals surface area contributed by atoms with Crippen LogP contribution in [-0.4, -0.2) is 48.3 Å². The molecule has 3 aliphatic rings. The van der Waals surface area contributed by atoms with Crippen LogP contribution >= 0.6 is 0 Å². The lowest BCUT2D eigenvalue weighted by Crippen LogP contribution is -2.47. The van der Waals surface area contributed by atoms with Crippen molar-refractivity contribution in [3.63, 3.8) is 0 Å². The summed E-state index contributed by atoms with van der Waals surface area (Å²) in [5, 5.41) is 0. The van der Waals surface area contributed by atoms with Gasteiger partial charge in [0.2, 0.25) is 5.91 Å². The van der Waals surface area contributed by atoms with Gasteiger partial charge in [-0.1, -0.05) is 0 Å². The molecule has 1 amide bonds. The summed E-state index contributed by atoms with van der Waals surface area (Å²) in [5.74, 6) is -1.35. The highest BCUT2D eigenvalue weighted by molar-refractivity contribution is 6.01. The van der Waals surface area contributed by atoms with Gasteiger partial charge in [-0.3, -0.25) is 9.59 Å². The first-order valence-electron chi connectivity index (χ1n) is 7.71. The van der Waals surface area contributed by atoms with Gasteiger partial charge in [0.05, 0.1) is 16.8 Å². The number of rotatable bonds is 2. The van der Waals surface area contributed by atoms with Crippen LogP contribution in [0.3, 0.4) is 0 Å². The molecule has 2 aliphatic heterocycles. The molecule has 0 spiro atoms. The van der Waals surface area contributed by atoms with Crippen LogP contribution in [0.15, 0.2) is 6.07 Å². The summed E-state index contributed by atoms with van der Waals surface area (Å²) in [5.41, 5.74) is 4.11. The van der Waals surface area contributed by atoms with Crippen molar-refractivity contribution in [2.75, 3.05) is 18.2 Å². The third-order valence-corrected chi connectivity index (χ3v) is 4.77. The Kier molecular flexibility index (Phi) is 3.51. The number of nitrogens with two attached hydrogens (primary N) is 1. The van der Waals surface area contributed by atoms with E-state index in [0.717, 1.165) is 6.07 Å². The number of Topliss-reactive ketones (excluding diaryl/α,β-unsaturated/α-hetero) is 1. The number of alkyl halides is 3. The molecule has 2 saturated heterocycles. The van der Waals surface area contributed by atoms with Crippen molar-refractivity contribution in [2.24, 2.45) is 5.73 Å². The standard InChI is InChI=1S/C15H14F3N3O4/c16-15(17,18)6-3-10(20-7-1-2-8(22)11(6)7)21-4-9-13(25-5-24-9)12(21)14(19)23/h3,9,12-13H,1-2,4-5H2,(H2,19,23). The topological polar surface area (TPSA) is 94.8 Å². The third-order valence-electron chi connectivity index (χ3n) is 4.77. The highest BCUT2D eigenvalue weighted by Crippen LogP contribution is 2.40. The van der Waals surface area contributed by atoms with Crippen LogP contribution in [0.2, 0.25) is 0 Å². The fraction of sp³-hybridized carbons (Fsp3) is 0.533. The number of hydrogen-bond acceptors (Lipinski definition) is 6. The average molecular weight is 357 g/mol. The smallest absolute Gasteiger partial charge is 0.368 e. The molecule has 3 unspecified atom stereocenters. The Balaban J connectivity index is 1.81. The molecule has 1 aromatic rings. The number of aryl methyl sites for hydroxylation is 1. The number of ketones is 1. The summed E-state index contributed by atoms with van der Waals surface area (Å²) >= 11 is 0. The zero-order valence-corrected chi connectivity index (χ0v) is 12.9. The second-order valence-corrected chi connectivity index (χ2v) is 6.22. The van der Waals surface area contributed by atoms with Crippen molar-refractivity contribution < 1.29 is 32.2 Å². The first-order valence-corrected chi connectivity index (χ1v) is 7.71. The van der Waals surface area contributed by atoms with Crippen molar-refractivity contribution in [2.45, 2.75) is 37.3 Å². The van der Waals surface area contributed by atoms with Crippen LogP contribution < -0.4 is 10.6 Å². The fourth-order valence-electron chi connectivity index (χ4n) is 3.70. The van der Waals surface area contributed by atoms with E-state index in [2.05, 4.69) is 4.98 Å². The number of anilines is 1. The number of carbonyl (C=O) groups is 2. The molecule has 10 heteroatoms. The largest absolute Gasteiger partial charge is 0.417 e. The molecule has 134 valence electrons. The average Bonchev–Trinajstić information content (AvgIpc) is 3.19. The SMILES string of the molecule is NC(=O)C1C2OCOC2CN1c1cc(C(F)(F)F)c2c(n1)CCC2=O. The number of halogens is 3. The maximum absolute atomic E-state index is 13.4. The molecule has 1 aromatic heterocycles. The number of amides is 1. The van der Waals surface area contributed by atoms with E-state index in [4.69, 9.17) is 15.2 Å². The second-order valence-electron chi connectivity index (χ2n) is 6.22. The predicted molar refractivity (Wildman–Crippen MR) is 76.8 cm³/mol. The number of fused-ring (bicyclic) bond motifs is 2. The Morgan fingerprint density at radius 2 is 2.08 bits per heavy atom. The first kappa shape index (κ1) is 16.3. The van der Waals surface area contributed by atoms with Crippen LogP contribution in [0.5, 0.6) is 0 Å². The van der Waals surface area contributed by atoms with E-state index in [1.54, 1.807) is 0 Å². The van der Waals surface area contributed by atoms with Gasteiger partial charge in [-0.15, -0.1) is 0 Å². The van der Waals surface area contributed by atoms with E-state index >= 15 is 0 Å². The number of primary amides is 1. The van der Waals surface area contributed by atoms with Crippen LogP contribution in [0.25, 0.3) is 0 Å². The molecular weight excluding hydrogens is 343 g/mol. The van der Waals surface area contributed by atoms with Gasteiger partial charge in [0.15, 0.2) is 5.78 Å². The number of ether oxygens (including phenoxy) is 2. The summed E-state index contributed by atoms with van der Waals surface area (Å²) in [6, 6.07) is -0.171. The molecule has 25 heavy (non-hydrogen) atoms. The quantitative estimate of drug-likeness (QED) is 0.835. The molecule has 7 nitrogen and oxygen atoms in total. The first-order chi connectivity index (χ1) is 11.8. The lowest BCUT2D eigenvalue weighted by molar-refractivity contribution is -0.137. The van der Waals surface area contributed by atoms with Crippen LogP contribution in [0.1, 0.15) is 28.0 Å². The van der Waals surface area contributed by atoms with E-state index in [-0.39, 0.29) is 43.3 Å². The van der Waals surface area contributed by atoms with Crippen molar-refractivity contribution >= 4 is 17.5 Å². The van der Waals surface area contributed by atoms with Crippen LogP contribution in [-0.2, 0) is 26.9 Å². The molecule has 4 rings (SSSR count). The second kappa shape index (κ2) is 5.40. The normalized spacial score (nSPS) is 28.4. The Morgan fingerprint density at radius 3 is 2.76 bits per heavy atom. The minimum absolute atomic E-state index is 0.00682. The number of aromatic nitrogens is 1. The van der Waals surface area contributed by atoms with Crippen molar-refractivity contribution in [3.8, 4) is 0 Å². The molecular formula is C15H14F3N3O4. The van der Waals surface area contributed by atoms with Gasteiger partial charge < -0.3 is 20.1 Å². The highest BCUT2D eigenvalue weighted by atomic mass is 19.4. The molecule has 1 aliphatic carbocycles. The Hall–Kier alpha value is -2.20. The third kappa shape index (κ3) is 2.47. The van der Waals surface area contributed by atoms with Gasteiger partial charge in [-0.25, -0.2) is 4.98 Å². The molecule has 3 atom stereocenters. The molecule has 2 N–H and O–H groups in total. The van der Waals surface area contributed by atoms with E-state index in [9.17, 15) is 22.8 Å². The summed E-state index contributed by atoms with van der Waals surface area (Å²) in [4.78, 5) is 29.2. The minimum atomic E-state index is -4.70. The maximum Gasteiger partial charge on any atom is 0.417 e.